The molecule has 1 unspecified atom stereocenters. The van der Waals surface area contributed by atoms with E-state index in [-0.39, 0.29) is 11.8 Å². The van der Waals surface area contributed by atoms with Gasteiger partial charge in [0.15, 0.2) is 0 Å². The topological polar surface area (TPSA) is 92.5 Å². The molecule has 1 aliphatic rings. The fraction of sp³-hybridized carbons (Fsp3) is 0.462. The van der Waals surface area contributed by atoms with E-state index in [9.17, 15) is 13.2 Å². The Balaban J connectivity index is 1.89. The highest BCUT2D eigenvalue weighted by atomic mass is 35.5. The van der Waals surface area contributed by atoms with Crippen LogP contribution in [-0.4, -0.2) is 38.3 Å². The number of nitrogens with zero attached hydrogens (tertiary/aromatic N) is 1. The number of hydrogen-bond donors (Lipinski definition) is 2. The maximum atomic E-state index is 12.0. The number of halogens is 1. The van der Waals surface area contributed by atoms with Gasteiger partial charge in [-0.3, -0.25) is 4.79 Å². The predicted octanol–water partition coefficient (Wildman–Crippen LogP) is 0.985. The minimum absolute atomic E-state index is 0.0696. The summed E-state index contributed by atoms with van der Waals surface area (Å²) in [5.41, 5.74) is 0.488. The smallest absolute Gasteiger partial charge is 0.276 e. The minimum atomic E-state index is -3.65. The molecular formula is C13H18ClN3O3S. The van der Waals surface area contributed by atoms with Crippen molar-refractivity contribution < 1.29 is 13.2 Å². The average Bonchev–Trinajstić information content (AvgIpc) is 2.44. The molecule has 21 heavy (non-hydrogen) atoms. The van der Waals surface area contributed by atoms with Gasteiger partial charge in [-0.15, -0.1) is 0 Å². The lowest BCUT2D eigenvalue weighted by molar-refractivity contribution is 0.0941. The molecule has 0 aliphatic carbocycles. The van der Waals surface area contributed by atoms with Gasteiger partial charge in [-0.25, -0.2) is 5.14 Å². The number of benzene rings is 1. The molecule has 116 valence electrons. The molecule has 1 heterocycles. The Morgan fingerprint density at radius 2 is 2.24 bits per heavy atom. The second kappa shape index (κ2) is 6.74. The number of carbonyl (C=O) groups excluding carboxylic acids is 1. The number of nitrogens with one attached hydrogen (secondary N) is 1. The highest BCUT2D eigenvalue weighted by Crippen LogP contribution is 2.17. The Bertz CT molecular complexity index is 621. The fourth-order valence-corrected chi connectivity index (χ4v) is 3.39. The van der Waals surface area contributed by atoms with Crippen LogP contribution in [-0.2, 0) is 10.2 Å². The summed E-state index contributed by atoms with van der Waals surface area (Å²) in [7, 11) is -3.65. The van der Waals surface area contributed by atoms with Gasteiger partial charge in [-0.2, -0.15) is 12.7 Å². The molecule has 0 bridgehead atoms. The van der Waals surface area contributed by atoms with Gasteiger partial charge in [0.1, 0.15) is 0 Å². The lowest BCUT2D eigenvalue weighted by Crippen LogP contribution is -2.46. The number of amides is 1. The van der Waals surface area contributed by atoms with Gasteiger partial charge in [0.05, 0.1) is 0 Å². The van der Waals surface area contributed by atoms with Crippen LogP contribution < -0.4 is 10.5 Å². The zero-order chi connectivity index (χ0) is 15.5. The molecule has 0 saturated carbocycles. The van der Waals surface area contributed by atoms with Crippen molar-refractivity contribution in [2.24, 2.45) is 11.1 Å². The van der Waals surface area contributed by atoms with Gasteiger partial charge < -0.3 is 5.32 Å². The van der Waals surface area contributed by atoms with Gasteiger partial charge in [0.2, 0.25) is 0 Å². The van der Waals surface area contributed by atoms with Gasteiger partial charge >= 0.3 is 0 Å². The van der Waals surface area contributed by atoms with E-state index in [0.717, 1.165) is 12.8 Å². The number of hydrogen-bond acceptors (Lipinski definition) is 3. The molecule has 0 aromatic heterocycles. The zero-order valence-electron chi connectivity index (χ0n) is 11.5. The van der Waals surface area contributed by atoms with Crippen LogP contribution in [0.2, 0.25) is 5.02 Å². The van der Waals surface area contributed by atoms with Crippen LogP contribution in [0, 0.1) is 5.92 Å². The van der Waals surface area contributed by atoms with Crippen molar-refractivity contribution >= 4 is 27.7 Å². The second-order valence-corrected chi connectivity index (χ2v) is 7.11. The summed E-state index contributed by atoms with van der Waals surface area (Å²) in [5.74, 6) is -0.148. The first-order chi connectivity index (χ1) is 9.86. The Hall–Kier alpha value is -1.15. The molecule has 0 radical (unpaired) electrons. The Kier molecular flexibility index (Phi) is 5.21. The van der Waals surface area contributed by atoms with Gasteiger partial charge in [0.25, 0.3) is 16.1 Å². The van der Waals surface area contributed by atoms with E-state index in [2.05, 4.69) is 5.32 Å². The van der Waals surface area contributed by atoms with E-state index >= 15 is 0 Å². The van der Waals surface area contributed by atoms with Crippen LogP contribution >= 0.6 is 11.6 Å². The van der Waals surface area contributed by atoms with Crippen molar-refractivity contribution in [3.63, 3.8) is 0 Å². The standard InChI is InChI=1S/C13H18ClN3O3S/c14-12-5-1-4-11(7-12)13(18)16-8-10-3-2-6-17(9-10)21(15,19)20/h1,4-5,7,10H,2-3,6,8-9H2,(H,16,18)(H2,15,19,20). The van der Waals surface area contributed by atoms with Gasteiger partial charge in [-0.05, 0) is 37.0 Å². The van der Waals surface area contributed by atoms with Gasteiger partial charge in [-0.1, -0.05) is 17.7 Å². The van der Waals surface area contributed by atoms with E-state index in [1.165, 1.54) is 4.31 Å². The Morgan fingerprint density at radius 1 is 1.48 bits per heavy atom. The van der Waals surface area contributed by atoms with E-state index in [4.69, 9.17) is 16.7 Å². The maximum Gasteiger partial charge on any atom is 0.276 e. The molecule has 6 nitrogen and oxygen atoms in total. The summed E-state index contributed by atoms with van der Waals surface area (Å²) < 4.78 is 23.9. The largest absolute Gasteiger partial charge is 0.352 e. The third-order valence-electron chi connectivity index (χ3n) is 3.48. The molecule has 1 aliphatic heterocycles. The van der Waals surface area contributed by atoms with Crippen LogP contribution in [0.15, 0.2) is 24.3 Å². The summed E-state index contributed by atoms with van der Waals surface area (Å²) in [6.07, 6.45) is 1.61. The summed E-state index contributed by atoms with van der Waals surface area (Å²) in [6.45, 7) is 1.20. The molecule has 1 atom stereocenters. The molecular weight excluding hydrogens is 314 g/mol. The molecule has 0 spiro atoms. The summed E-state index contributed by atoms with van der Waals surface area (Å²) in [4.78, 5) is 12.0. The minimum Gasteiger partial charge on any atom is -0.352 e. The fourth-order valence-electron chi connectivity index (χ4n) is 2.39. The van der Waals surface area contributed by atoms with Crippen molar-refractivity contribution in [1.82, 2.24) is 9.62 Å². The Labute approximate surface area is 129 Å². The van der Waals surface area contributed by atoms with Crippen LogP contribution in [0.1, 0.15) is 23.2 Å². The Morgan fingerprint density at radius 3 is 2.90 bits per heavy atom. The first-order valence-corrected chi connectivity index (χ1v) is 8.56. The van der Waals surface area contributed by atoms with Crippen molar-refractivity contribution in [2.75, 3.05) is 19.6 Å². The van der Waals surface area contributed by atoms with Crippen molar-refractivity contribution in [3.8, 4) is 0 Å². The quantitative estimate of drug-likeness (QED) is 0.861. The molecule has 8 heteroatoms. The highest BCUT2D eigenvalue weighted by molar-refractivity contribution is 7.86. The lowest BCUT2D eigenvalue weighted by Gasteiger charge is -2.30. The van der Waals surface area contributed by atoms with Crippen LogP contribution in [0.4, 0.5) is 0 Å². The van der Waals surface area contributed by atoms with Crippen molar-refractivity contribution in [2.45, 2.75) is 12.8 Å². The molecule has 1 amide bonds. The molecule has 1 aromatic rings. The van der Waals surface area contributed by atoms with E-state index in [1.54, 1.807) is 24.3 Å². The summed E-state index contributed by atoms with van der Waals surface area (Å²) in [5, 5.41) is 8.44. The number of rotatable bonds is 4. The van der Waals surface area contributed by atoms with E-state index < -0.39 is 10.2 Å². The SMILES string of the molecule is NS(=O)(=O)N1CCCC(CNC(=O)c2cccc(Cl)c2)C1. The first kappa shape index (κ1) is 16.2. The van der Waals surface area contributed by atoms with Crippen molar-refractivity contribution in [3.05, 3.63) is 34.9 Å². The van der Waals surface area contributed by atoms with Crippen molar-refractivity contribution in [1.29, 1.82) is 0 Å². The number of carbonyl (C=O) groups is 1. The molecule has 2 rings (SSSR count). The van der Waals surface area contributed by atoms with Gasteiger partial charge in [0, 0.05) is 30.2 Å². The van der Waals surface area contributed by atoms with Crippen LogP contribution in [0.25, 0.3) is 0 Å². The lowest BCUT2D eigenvalue weighted by atomic mass is 9.99. The zero-order valence-corrected chi connectivity index (χ0v) is 13.0. The van der Waals surface area contributed by atoms with Crippen LogP contribution in [0.5, 0.6) is 0 Å². The number of nitrogens with two attached hydrogens (primary N) is 1. The third-order valence-corrected chi connectivity index (χ3v) is 4.77. The highest BCUT2D eigenvalue weighted by Gasteiger charge is 2.26. The molecule has 1 fully saturated rings. The van der Waals surface area contributed by atoms with Crippen LogP contribution in [0.3, 0.4) is 0 Å². The maximum absolute atomic E-state index is 12.0. The summed E-state index contributed by atoms with van der Waals surface area (Å²) in [6, 6.07) is 6.68. The summed E-state index contributed by atoms with van der Waals surface area (Å²) >= 11 is 5.84. The van der Waals surface area contributed by atoms with E-state index in [0.29, 0.717) is 30.2 Å². The predicted molar refractivity (Wildman–Crippen MR) is 81.2 cm³/mol. The van der Waals surface area contributed by atoms with E-state index in [1.807, 2.05) is 0 Å². The monoisotopic (exact) mass is 331 g/mol. The second-order valence-electron chi connectivity index (χ2n) is 5.13. The molecule has 1 aromatic carbocycles. The normalized spacial score (nSPS) is 20.2. The third kappa shape index (κ3) is 4.67. The first-order valence-electron chi connectivity index (χ1n) is 6.68. The molecule has 1 saturated heterocycles. The molecule has 3 N–H and O–H groups in total. The number of piperidine rings is 1. The average molecular weight is 332 g/mol.